The molecule has 2 aromatic carbocycles. The lowest BCUT2D eigenvalue weighted by Crippen LogP contribution is -1.96. The van der Waals surface area contributed by atoms with Crippen molar-refractivity contribution in [1.82, 2.24) is 10.2 Å². The zero-order valence-electron chi connectivity index (χ0n) is 12.1. The number of aromatic nitrogens is 2. The molecular weight excluding hydrogens is 314 g/mol. The average Bonchev–Trinajstić information content (AvgIpc) is 2.95. The second-order valence-electron chi connectivity index (χ2n) is 4.83. The van der Waals surface area contributed by atoms with Crippen molar-refractivity contribution in [2.24, 2.45) is 10.2 Å². The number of hydrogen-bond donors (Lipinski definition) is 3. The number of nitrogens with one attached hydrogen (secondary N) is 2. The molecule has 1 aromatic heterocycles. The van der Waals surface area contributed by atoms with Crippen molar-refractivity contribution in [1.29, 1.82) is 0 Å². The standard InChI is InChI=1S/C15H11N5O4/c21-12-6-4-9(5-7-12)13-14(15(22)19-17-13)18-16-10-2-1-3-11(8-10)20(23)24/h1-8,21H,(H2,17,19,22). The van der Waals surface area contributed by atoms with Gasteiger partial charge in [0.1, 0.15) is 5.75 Å². The van der Waals surface area contributed by atoms with Gasteiger partial charge in [-0.25, -0.2) is 0 Å². The first-order valence-corrected chi connectivity index (χ1v) is 6.81. The van der Waals surface area contributed by atoms with Gasteiger partial charge in [0, 0.05) is 17.7 Å². The SMILES string of the molecule is O=c1[nH][nH]c(-c2ccc(O)cc2)c1N=Nc1cccc([N+](=O)[O-])c1. The minimum absolute atomic E-state index is 0.0344. The van der Waals surface area contributed by atoms with Gasteiger partial charge in [0.05, 0.1) is 16.3 Å². The molecule has 1 heterocycles. The van der Waals surface area contributed by atoms with E-state index in [-0.39, 0.29) is 22.8 Å². The van der Waals surface area contributed by atoms with E-state index in [4.69, 9.17) is 0 Å². The maximum Gasteiger partial charge on any atom is 0.292 e. The van der Waals surface area contributed by atoms with Gasteiger partial charge in [0.15, 0.2) is 5.69 Å². The lowest BCUT2D eigenvalue weighted by molar-refractivity contribution is -0.384. The van der Waals surface area contributed by atoms with Gasteiger partial charge in [-0.2, -0.15) is 5.11 Å². The first-order chi connectivity index (χ1) is 11.5. The molecule has 3 rings (SSSR count). The third-order valence-corrected chi connectivity index (χ3v) is 3.21. The van der Waals surface area contributed by atoms with Crippen LogP contribution in [0.15, 0.2) is 63.6 Å². The van der Waals surface area contributed by atoms with E-state index in [0.29, 0.717) is 11.3 Å². The fourth-order valence-electron chi connectivity index (χ4n) is 2.06. The normalized spacial score (nSPS) is 11.0. The highest BCUT2D eigenvalue weighted by atomic mass is 16.6. The van der Waals surface area contributed by atoms with Crippen LogP contribution in [-0.4, -0.2) is 20.2 Å². The van der Waals surface area contributed by atoms with Crippen molar-refractivity contribution < 1.29 is 10.0 Å². The average molecular weight is 325 g/mol. The van der Waals surface area contributed by atoms with Crippen molar-refractivity contribution in [3.63, 3.8) is 0 Å². The van der Waals surface area contributed by atoms with Crippen LogP contribution in [0.5, 0.6) is 5.75 Å². The summed E-state index contributed by atoms with van der Waals surface area (Å²) in [7, 11) is 0. The van der Waals surface area contributed by atoms with Crippen LogP contribution < -0.4 is 5.56 Å². The van der Waals surface area contributed by atoms with Crippen LogP contribution in [0.3, 0.4) is 0 Å². The zero-order chi connectivity index (χ0) is 17.1. The summed E-state index contributed by atoms with van der Waals surface area (Å²) in [6.45, 7) is 0. The van der Waals surface area contributed by atoms with Crippen molar-refractivity contribution in [3.8, 4) is 17.0 Å². The number of benzene rings is 2. The highest BCUT2D eigenvalue weighted by molar-refractivity contribution is 5.71. The van der Waals surface area contributed by atoms with Gasteiger partial charge in [-0.3, -0.25) is 25.1 Å². The van der Waals surface area contributed by atoms with E-state index >= 15 is 0 Å². The number of nitrogens with zero attached hydrogens (tertiary/aromatic N) is 3. The minimum Gasteiger partial charge on any atom is -0.508 e. The van der Waals surface area contributed by atoms with Gasteiger partial charge in [-0.15, -0.1) is 5.11 Å². The maximum atomic E-state index is 11.9. The first kappa shape index (κ1) is 15.2. The Bertz CT molecular complexity index is 972. The Kier molecular flexibility index (Phi) is 3.89. The van der Waals surface area contributed by atoms with Crippen LogP contribution in [0.1, 0.15) is 0 Å². The van der Waals surface area contributed by atoms with E-state index in [1.807, 2.05) is 0 Å². The number of nitro benzene ring substituents is 1. The molecule has 0 amide bonds. The van der Waals surface area contributed by atoms with Crippen molar-refractivity contribution in [2.45, 2.75) is 0 Å². The van der Waals surface area contributed by atoms with Crippen LogP contribution in [0.2, 0.25) is 0 Å². The van der Waals surface area contributed by atoms with Crippen molar-refractivity contribution >= 4 is 17.1 Å². The predicted octanol–water partition coefficient (Wildman–Crippen LogP) is 3.40. The van der Waals surface area contributed by atoms with Gasteiger partial charge in [-0.1, -0.05) is 6.07 Å². The van der Waals surface area contributed by atoms with E-state index in [0.717, 1.165) is 0 Å². The predicted molar refractivity (Wildman–Crippen MR) is 85.8 cm³/mol. The summed E-state index contributed by atoms with van der Waals surface area (Å²) in [4.78, 5) is 22.1. The quantitative estimate of drug-likeness (QED) is 0.384. The number of aromatic amines is 2. The molecule has 0 aliphatic rings. The lowest BCUT2D eigenvalue weighted by Gasteiger charge is -1.99. The molecule has 3 aromatic rings. The number of nitro groups is 1. The van der Waals surface area contributed by atoms with Crippen molar-refractivity contribution in [2.75, 3.05) is 0 Å². The first-order valence-electron chi connectivity index (χ1n) is 6.81. The number of phenols is 1. The number of rotatable bonds is 4. The molecule has 0 unspecified atom stereocenters. The molecule has 9 nitrogen and oxygen atoms in total. The molecule has 3 N–H and O–H groups in total. The van der Waals surface area contributed by atoms with E-state index in [2.05, 4.69) is 20.4 Å². The lowest BCUT2D eigenvalue weighted by atomic mass is 10.1. The monoisotopic (exact) mass is 325 g/mol. The molecular formula is C15H11N5O4. The second-order valence-corrected chi connectivity index (χ2v) is 4.83. The Hall–Kier alpha value is -3.75. The maximum absolute atomic E-state index is 11.9. The number of aromatic hydroxyl groups is 1. The summed E-state index contributed by atoms with van der Waals surface area (Å²) < 4.78 is 0. The van der Waals surface area contributed by atoms with E-state index < -0.39 is 10.5 Å². The largest absolute Gasteiger partial charge is 0.508 e. The zero-order valence-corrected chi connectivity index (χ0v) is 12.1. The smallest absolute Gasteiger partial charge is 0.292 e. The van der Waals surface area contributed by atoms with E-state index in [9.17, 15) is 20.0 Å². The van der Waals surface area contributed by atoms with Gasteiger partial charge in [0.2, 0.25) is 0 Å². The van der Waals surface area contributed by atoms with Gasteiger partial charge in [-0.05, 0) is 30.3 Å². The van der Waals surface area contributed by atoms with Gasteiger partial charge >= 0.3 is 0 Å². The molecule has 0 aliphatic heterocycles. The topological polar surface area (TPSA) is 137 Å². The Morgan fingerprint density at radius 2 is 1.79 bits per heavy atom. The molecule has 24 heavy (non-hydrogen) atoms. The van der Waals surface area contributed by atoms with Crippen LogP contribution in [0.4, 0.5) is 17.1 Å². The molecule has 0 saturated carbocycles. The highest BCUT2D eigenvalue weighted by Gasteiger charge is 2.12. The Labute approximate surface area is 134 Å². The minimum atomic E-state index is -0.538. The summed E-state index contributed by atoms with van der Waals surface area (Å²) in [5.74, 6) is 0.0939. The number of H-pyrrole nitrogens is 2. The number of non-ortho nitro benzene ring substituents is 1. The summed E-state index contributed by atoms with van der Waals surface area (Å²) in [6.07, 6.45) is 0. The van der Waals surface area contributed by atoms with Gasteiger partial charge < -0.3 is 5.11 Å². The van der Waals surface area contributed by atoms with E-state index in [1.54, 1.807) is 12.1 Å². The van der Waals surface area contributed by atoms with Crippen LogP contribution in [0, 0.1) is 10.1 Å². The van der Waals surface area contributed by atoms with Crippen LogP contribution in [-0.2, 0) is 0 Å². The van der Waals surface area contributed by atoms with Crippen LogP contribution in [0.25, 0.3) is 11.3 Å². The molecule has 0 bridgehead atoms. The Morgan fingerprint density at radius 3 is 2.50 bits per heavy atom. The molecule has 0 atom stereocenters. The molecule has 120 valence electrons. The molecule has 9 heteroatoms. The molecule has 0 aliphatic carbocycles. The summed E-state index contributed by atoms with van der Waals surface area (Å²) in [5.41, 5.74) is 0.711. The van der Waals surface area contributed by atoms with Gasteiger partial charge in [0.25, 0.3) is 11.2 Å². The van der Waals surface area contributed by atoms with Crippen molar-refractivity contribution in [3.05, 3.63) is 69.0 Å². The number of azo groups is 1. The third kappa shape index (κ3) is 3.04. The molecule has 0 radical (unpaired) electrons. The molecule has 0 fully saturated rings. The summed E-state index contributed by atoms with van der Waals surface area (Å²) >= 11 is 0. The number of hydrogen-bond acceptors (Lipinski definition) is 6. The third-order valence-electron chi connectivity index (χ3n) is 3.21. The Morgan fingerprint density at radius 1 is 1.04 bits per heavy atom. The number of phenolic OH excluding ortho intramolecular Hbond substituents is 1. The molecule has 0 saturated heterocycles. The highest BCUT2D eigenvalue weighted by Crippen LogP contribution is 2.28. The van der Waals surface area contributed by atoms with E-state index in [1.165, 1.54) is 36.4 Å². The summed E-state index contributed by atoms with van der Waals surface area (Å²) in [5, 5.41) is 33.0. The second kappa shape index (κ2) is 6.16. The fraction of sp³-hybridized carbons (Fsp3) is 0. The molecule has 0 spiro atoms. The summed E-state index contributed by atoms with van der Waals surface area (Å²) in [6, 6.07) is 11.8. The fourth-order valence-corrected chi connectivity index (χ4v) is 2.06. The van der Waals surface area contributed by atoms with Crippen LogP contribution >= 0.6 is 0 Å². The Balaban J connectivity index is 1.97.